The third-order valence-corrected chi connectivity index (χ3v) is 3.49. The first kappa shape index (κ1) is 14.0. The van der Waals surface area contributed by atoms with E-state index < -0.39 is 0 Å². The zero-order valence-corrected chi connectivity index (χ0v) is 11.7. The fourth-order valence-electron chi connectivity index (χ4n) is 2.16. The van der Waals surface area contributed by atoms with E-state index in [-0.39, 0.29) is 5.54 Å². The summed E-state index contributed by atoms with van der Waals surface area (Å²) in [7, 11) is 0. The van der Waals surface area contributed by atoms with Crippen molar-refractivity contribution in [3.63, 3.8) is 0 Å². The Morgan fingerprint density at radius 3 is 2.25 bits per heavy atom. The van der Waals surface area contributed by atoms with Crippen molar-refractivity contribution in [2.24, 2.45) is 5.41 Å². The summed E-state index contributed by atoms with van der Waals surface area (Å²) in [5, 5.41) is 3.65. The highest BCUT2D eigenvalue weighted by atomic mass is 16.5. The molecule has 16 heavy (non-hydrogen) atoms. The Balaban J connectivity index is 2.27. The molecule has 0 heterocycles. The number of hydrogen-bond donors (Lipinski definition) is 1. The molecule has 0 saturated heterocycles. The molecule has 1 N–H and O–H groups in total. The van der Waals surface area contributed by atoms with Gasteiger partial charge in [0.2, 0.25) is 0 Å². The molecule has 1 rings (SSSR count). The highest BCUT2D eigenvalue weighted by Gasteiger charge is 2.37. The summed E-state index contributed by atoms with van der Waals surface area (Å²) >= 11 is 0. The summed E-state index contributed by atoms with van der Waals surface area (Å²) < 4.78 is 5.68. The van der Waals surface area contributed by atoms with Crippen LogP contribution in [-0.4, -0.2) is 24.8 Å². The molecule has 0 unspecified atom stereocenters. The summed E-state index contributed by atoms with van der Waals surface area (Å²) in [5.41, 5.74) is 0.768. The molecule has 0 radical (unpaired) electrons. The SMILES string of the molecule is CC(C)OCCC1(CNC(C)(C)C)CCC1. The average molecular weight is 227 g/mol. The van der Waals surface area contributed by atoms with Crippen molar-refractivity contribution in [3.05, 3.63) is 0 Å². The van der Waals surface area contributed by atoms with Gasteiger partial charge in [0.1, 0.15) is 0 Å². The van der Waals surface area contributed by atoms with Crippen LogP contribution in [0.1, 0.15) is 60.3 Å². The lowest BCUT2D eigenvalue weighted by molar-refractivity contribution is 0.0204. The van der Waals surface area contributed by atoms with Crippen LogP contribution < -0.4 is 5.32 Å². The molecular formula is C14H29NO. The van der Waals surface area contributed by atoms with Crippen LogP contribution in [0.2, 0.25) is 0 Å². The van der Waals surface area contributed by atoms with Crippen LogP contribution in [0.4, 0.5) is 0 Å². The molecule has 1 aliphatic rings. The van der Waals surface area contributed by atoms with E-state index in [4.69, 9.17) is 4.74 Å². The van der Waals surface area contributed by atoms with Gasteiger partial charge in [-0.2, -0.15) is 0 Å². The molecule has 0 spiro atoms. The van der Waals surface area contributed by atoms with Crippen LogP contribution >= 0.6 is 0 Å². The van der Waals surface area contributed by atoms with E-state index >= 15 is 0 Å². The smallest absolute Gasteiger partial charge is 0.0518 e. The molecule has 0 aromatic heterocycles. The molecule has 2 heteroatoms. The lowest BCUT2D eigenvalue weighted by atomic mass is 9.66. The van der Waals surface area contributed by atoms with E-state index in [1.165, 1.54) is 25.7 Å². The first-order valence-corrected chi connectivity index (χ1v) is 6.70. The summed E-state index contributed by atoms with van der Waals surface area (Å²) in [5.74, 6) is 0. The quantitative estimate of drug-likeness (QED) is 0.751. The summed E-state index contributed by atoms with van der Waals surface area (Å²) in [6, 6.07) is 0. The second kappa shape index (κ2) is 5.50. The Hall–Kier alpha value is -0.0800. The van der Waals surface area contributed by atoms with E-state index in [9.17, 15) is 0 Å². The van der Waals surface area contributed by atoms with Crippen molar-refractivity contribution in [2.75, 3.05) is 13.2 Å². The molecule has 1 saturated carbocycles. The highest BCUT2D eigenvalue weighted by Crippen LogP contribution is 2.43. The van der Waals surface area contributed by atoms with Gasteiger partial charge < -0.3 is 10.1 Å². The normalized spacial score (nSPS) is 19.9. The van der Waals surface area contributed by atoms with Crippen molar-refractivity contribution in [1.82, 2.24) is 5.32 Å². The van der Waals surface area contributed by atoms with Gasteiger partial charge in [0, 0.05) is 18.7 Å². The predicted molar refractivity (Wildman–Crippen MR) is 69.7 cm³/mol. The van der Waals surface area contributed by atoms with E-state index in [2.05, 4.69) is 39.9 Å². The predicted octanol–water partition coefficient (Wildman–Crippen LogP) is 3.36. The molecule has 1 aliphatic carbocycles. The van der Waals surface area contributed by atoms with Crippen molar-refractivity contribution in [3.8, 4) is 0 Å². The number of rotatable bonds is 6. The van der Waals surface area contributed by atoms with Gasteiger partial charge in [-0.3, -0.25) is 0 Å². The highest BCUT2D eigenvalue weighted by molar-refractivity contribution is 4.91. The van der Waals surface area contributed by atoms with Crippen molar-refractivity contribution in [1.29, 1.82) is 0 Å². The van der Waals surface area contributed by atoms with Crippen LogP contribution in [-0.2, 0) is 4.74 Å². The van der Waals surface area contributed by atoms with Crippen LogP contribution in [0.15, 0.2) is 0 Å². The average Bonchev–Trinajstić information content (AvgIpc) is 2.05. The molecule has 0 aliphatic heterocycles. The van der Waals surface area contributed by atoms with Gasteiger partial charge in [-0.15, -0.1) is 0 Å². The Kier molecular flexibility index (Phi) is 4.81. The van der Waals surface area contributed by atoms with Gasteiger partial charge in [-0.25, -0.2) is 0 Å². The molecule has 0 bridgehead atoms. The summed E-state index contributed by atoms with van der Waals surface area (Å²) in [6.45, 7) is 13.0. The maximum absolute atomic E-state index is 5.68. The van der Waals surface area contributed by atoms with E-state index in [1.54, 1.807) is 0 Å². The fourth-order valence-corrected chi connectivity index (χ4v) is 2.16. The largest absolute Gasteiger partial charge is 0.379 e. The first-order valence-electron chi connectivity index (χ1n) is 6.70. The fraction of sp³-hybridized carbons (Fsp3) is 1.00. The maximum atomic E-state index is 5.68. The Morgan fingerprint density at radius 1 is 1.25 bits per heavy atom. The molecule has 0 atom stereocenters. The topological polar surface area (TPSA) is 21.3 Å². The van der Waals surface area contributed by atoms with E-state index in [0.29, 0.717) is 11.5 Å². The number of ether oxygens (including phenoxy) is 1. The number of hydrogen-bond acceptors (Lipinski definition) is 2. The zero-order chi connectivity index (χ0) is 12.2. The minimum Gasteiger partial charge on any atom is -0.379 e. The van der Waals surface area contributed by atoms with Crippen LogP contribution in [0.25, 0.3) is 0 Å². The van der Waals surface area contributed by atoms with Crippen molar-refractivity contribution in [2.45, 2.75) is 71.9 Å². The van der Waals surface area contributed by atoms with Gasteiger partial charge in [0.25, 0.3) is 0 Å². The Bertz CT molecular complexity index is 201. The Labute approximate surface area is 101 Å². The lowest BCUT2D eigenvalue weighted by Gasteiger charge is -2.44. The van der Waals surface area contributed by atoms with Crippen LogP contribution in [0, 0.1) is 5.41 Å². The van der Waals surface area contributed by atoms with E-state index in [0.717, 1.165) is 13.2 Å². The molecule has 0 aromatic rings. The van der Waals surface area contributed by atoms with Gasteiger partial charge in [0.15, 0.2) is 0 Å². The third-order valence-electron chi connectivity index (χ3n) is 3.49. The molecular weight excluding hydrogens is 198 g/mol. The van der Waals surface area contributed by atoms with Gasteiger partial charge in [-0.1, -0.05) is 6.42 Å². The third kappa shape index (κ3) is 4.84. The van der Waals surface area contributed by atoms with Gasteiger partial charge in [0.05, 0.1) is 6.10 Å². The molecule has 2 nitrogen and oxygen atoms in total. The van der Waals surface area contributed by atoms with Crippen LogP contribution in [0.5, 0.6) is 0 Å². The Morgan fingerprint density at radius 2 is 1.88 bits per heavy atom. The molecule has 96 valence electrons. The van der Waals surface area contributed by atoms with Crippen LogP contribution in [0.3, 0.4) is 0 Å². The minimum absolute atomic E-state index is 0.238. The lowest BCUT2D eigenvalue weighted by Crippen LogP contribution is -2.47. The standard InChI is InChI=1S/C14H29NO/c1-12(2)16-10-9-14(7-6-8-14)11-15-13(3,4)5/h12,15H,6-11H2,1-5H3. The van der Waals surface area contributed by atoms with Gasteiger partial charge in [-0.05, 0) is 59.3 Å². The van der Waals surface area contributed by atoms with Crippen molar-refractivity contribution >= 4 is 0 Å². The zero-order valence-electron chi connectivity index (χ0n) is 11.7. The monoisotopic (exact) mass is 227 g/mol. The molecule has 0 aromatic carbocycles. The molecule has 1 fully saturated rings. The minimum atomic E-state index is 0.238. The van der Waals surface area contributed by atoms with E-state index in [1.807, 2.05) is 0 Å². The second-order valence-electron chi connectivity index (χ2n) is 6.63. The molecule has 0 amide bonds. The number of nitrogens with one attached hydrogen (secondary N) is 1. The second-order valence-corrected chi connectivity index (χ2v) is 6.63. The van der Waals surface area contributed by atoms with Gasteiger partial charge >= 0.3 is 0 Å². The summed E-state index contributed by atoms with van der Waals surface area (Å²) in [6.07, 6.45) is 5.73. The maximum Gasteiger partial charge on any atom is 0.0518 e. The van der Waals surface area contributed by atoms with Crippen molar-refractivity contribution < 1.29 is 4.74 Å². The summed E-state index contributed by atoms with van der Waals surface area (Å²) in [4.78, 5) is 0. The first-order chi connectivity index (χ1) is 7.33.